The van der Waals surface area contributed by atoms with Gasteiger partial charge in [-0.3, -0.25) is 9.69 Å². The van der Waals surface area contributed by atoms with Gasteiger partial charge in [0.1, 0.15) is 5.82 Å². The molecule has 102 valence electrons. The van der Waals surface area contributed by atoms with Gasteiger partial charge in [0.2, 0.25) is 0 Å². The van der Waals surface area contributed by atoms with Crippen molar-refractivity contribution in [2.45, 2.75) is 31.7 Å². The Morgan fingerprint density at radius 3 is 2.42 bits per heavy atom. The SMILES string of the molecule is O=Cc1ccc(N2CCN(C3CCCC3)CC2)nc1. The van der Waals surface area contributed by atoms with Crippen LogP contribution in [0.4, 0.5) is 5.82 Å². The Kier molecular flexibility index (Phi) is 3.78. The monoisotopic (exact) mass is 259 g/mol. The van der Waals surface area contributed by atoms with Crippen molar-refractivity contribution in [1.29, 1.82) is 0 Å². The average Bonchev–Trinajstić information content (AvgIpc) is 3.02. The smallest absolute Gasteiger partial charge is 0.151 e. The zero-order chi connectivity index (χ0) is 13.1. The molecule has 0 amide bonds. The van der Waals surface area contributed by atoms with Crippen LogP contribution in [0.5, 0.6) is 0 Å². The summed E-state index contributed by atoms with van der Waals surface area (Å²) in [7, 11) is 0. The van der Waals surface area contributed by atoms with Gasteiger partial charge in [-0.1, -0.05) is 12.8 Å². The van der Waals surface area contributed by atoms with Crippen LogP contribution in [0.2, 0.25) is 0 Å². The van der Waals surface area contributed by atoms with Gasteiger partial charge in [-0.15, -0.1) is 0 Å². The van der Waals surface area contributed by atoms with Gasteiger partial charge in [-0.05, 0) is 25.0 Å². The van der Waals surface area contributed by atoms with E-state index in [0.717, 1.165) is 44.3 Å². The van der Waals surface area contributed by atoms with Gasteiger partial charge in [0.15, 0.2) is 6.29 Å². The van der Waals surface area contributed by atoms with Gasteiger partial charge in [0, 0.05) is 44.0 Å². The van der Waals surface area contributed by atoms with Crippen molar-refractivity contribution >= 4 is 12.1 Å². The summed E-state index contributed by atoms with van der Waals surface area (Å²) in [6.45, 7) is 4.37. The van der Waals surface area contributed by atoms with E-state index in [4.69, 9.17) is 0 Å². The van der Waals surface area contributed by atoms with Crippen LogP contribution in [-0.4, -0.2) is 48.4 Å². The predicted molar refractivity (Wildman–Crippen MR) is 75.7 cm³/mol. The molecule has 0 radical (unpaired) electrons. The van der Waals surface area contributed by atoms with Crippen LogP contribution in [0.15, 0.2) is 18.3 Å². The number of rotatable bonds is 3. The molecule has 0 atom stereocenters. The third kappa shape index (κ3) is 2.78. The minimum absolute atomic E-state index is 0.647. The molecule has 1 aliphatic carbocycles. The maximum atomic E-state index is 10.6. The van der Waals surface area contributed by atoms with E-state index in [2.05, 4.69) is 14.8 Å². The van der Waals surface area contributed by atoms with E-state index in [1.165, 1.54) is 25.7 Å². The largest absolute Gasteiger partial charge is 0.354 e. The molecule has 2 heterocycles. The third-order valence-corrected chi connectivity index (χ3v) is 4.39. The Morgan fingerprint density at radius 2 is 1.84 bits per heavy atom. The molecule has 0 unspecified atom stereocenters. The first-order valence-corrected chi connectivity index (χ1v) is 7.27. The lowest BCUT2D eigenvalue weighted by Crippen LogP contribution is -2.49. The summed E-state index contributed by atoms with van der Waals surface area (Å²) >= 11 is 0. The van der Waals surface area contributed by atoms with Gasteiger partial charge < -0.3 is 4.90 Å². The van der Waals surface area contributed by atoms with Crippen molar-refractivity contribution < 1.29 is 4.79 Å². The molecule has 4 heteroatoms. The van der Waals surface area contributed by atoms with Crippen LogP contribution in [0.1, 0.15) is 36.0 Å². The molecule has 2 fully saturated rings. The highest BCUT2D eigenvalue weighted by molar-refractivity contribution is 5.74. The molecule has 3 rings (SSSR count). The molecule has 2 aliphatic rings. The molecule has 1 saturated heterocycles. The summed E-state index contributed by atoms with van der Waals surface area (Å²) in [6, 6.07) is 4.63. The van der Waals surface area contributed by atoms with E-state index in [-0.39, 0.29) is 0 Å². The van der Waals surface area contributed by atoms with Crippen LogP contribution < -0.4 is 4.90 Å². The maximum Gasteiger partial charge on any atom is 0.151 e. The number of carbonyl (C=O) groups is 1. The Morgan fingerprint density at radius 1 is 1.11 bits per heavy atom. The van der Waals surface area contributed by atoms with Crippen molar-refractivity contribution in [3.8, 4) is 0 Å². The quantitative estimate of drug-likeness (QED) is 0.778. The van der Waals surface area contributed by atoms with Crippen molar-refractivity contribution in [2.24, 2.45) is 0 Å². The highest BCUT2D eigenvalue weighted by Crippen LogP contribution is 2.25. The number of aromatic nitrogens is 1. The number of hydrogen-bond acceptors (Lipinski definition) is 4. The molecule has 4 nitrogen and oxygen atoms in total. The summed E-state index contributed by atoms with van der Waals surface area (Å²) in [5.74, 6) is 0.997. The summed E-state index contributed by atoms with van der Waals surface area (Å²) in [5.41, 5.74) is 0.647. The molecule has 1 aromatic heterocycles. The Balaban J connectivity index is 1.58. The minimum Gasteiger partial charge on any atom is -0.354 e. The molecule has 0 spiro atoms. The van der Waals surface area contributed by atoms with Crippen LogP contribution in [0, 0.1) is 0 Å². The highest BCUT2D eigenvalue weighted by Gasteiger charge is 2.26. The lowest BCUT2D eigenvalue weighted by atomic mass is 10.2. The zero-order valence-corrected chi connectivity index (χ0v) is 11.3. The molecule has 0 bridgehead atoms. The number of nitrogens with zero attached hydrogens (tertiary/aromatic N) is 3. The Bertz CT molecular complexity index is 418. The molecule has 1 saturated carbocycles. The fourth-order valence-corrected chi connectivity index (χ4v) is 3.24. The Hall–Kier alpha value is -1.42. The predicted octanol–water partition coefficient (Wildman–Crippen LogP) is 1.96. The van der Waals surface area contributed by atoms with Gasteiger partial charge in [-0.25, -0.2) is 4.98 Å². The van der Waals surface area contributed by atoms with Crippen LogP contribution >= 0.6 is 0 Å². The second-order valence-corrected chi connectivity index (χ2v) is 5.53. The molecule has 1 aliphatic heterocycles. The van der Waals surface area contributed by atoms with Gasteiger partial charge in [0.05, 0.1) is 0 Å². The summed E-state index contributed by atoms with van der Waals surface area (Å²) in [4.78, 5) is 20.0. The second-order valence-electron chi connectivity index (χ2n) is 5.53. The molecule has 19 heavy (non-hydrogen) atoms. The van der Waals surface area contributed by atoms with Gasteiger partial charge in [0.25, 0.3) is 0 Å². The van der Waals surface area contributed by atoms with Crippen molar-refractivity contribution in [3.05, 3.63) is 23.9 Å². The fraction of sp³-hybridized carbons (Fsp3) is 0.600. The number of anilines is 1. The Labute approximate surface area is 114 Å². The van der Waals surface area contributed by atoms with E-state index >= 15 is 0 Å². The highest BCUT2D eigenvalue weighted by atomic mass is 16.1. The van der Waals surface area contributed by atoms with Gasteiger partial charge in [-0.2, -0.15) is 0 Å². The van der Waals surface area contributed by atoms with Crippen LogP contribution in [0.3, 0.4) is 0 Å². The third-order valence-electron chi connectivity index (χ3n) is 4.39. The molecular weight excluding hydrogens is 238 g/mol. The number of carbonyl (C=O) groups excluding carboxylic acids is 1. The van der Waals surface area contributed by atoms with E-state index < -0.39 is 0 Å². The summed E-state index contributed by atoms with van der Waals surface area (Å²) in [6.07, 6.45) is 8.07. The first kappa shape index (κ1) is 12.6. The van der Waals surface area contributed by atoms with Gasteiger partial charge >= 0.3 is 0 Å². The van der Waals surface area contributed by atoms with E-state index in [1.54, 1.807) is 6.20 Å². The van der Waals surface area contributed by atoms with Crippen LogP contribution in [0.25, 0.3) is 0 Å². The van der Waals surface area contributed by atoms with E-state index in [0.29, 0.717) is 5.56 Å². The van der Waals surface area contributed by atoms with Crippen molar-refractivity contribution in [3.63, 3.8) is 0 Å². The number of pyridine rings is 1. The number of aldehydes is 1. The molecule has 0 N–H and O–H groups in total. The lowest BCUT2D eigenvalue weighted by Gasteiger charge is -2.38. The van der Waals surface area contributed by atoms with E-state index in [9.17, 15) is 4.79 Å². The standard InChI is InChI=1S/C15H21N3O/c19-12-13-5-6-15(16-11-13)18-9-7-17(8-10-18)14-3-1-2-4-14/h5-6,11-12,14H,1-4,7-10H2. The van der Waals surface area contributed by atoms with Crippen LogP contribution in [-0.2, 0) is 0 Å². The summed E-state index contributed by atoms with van der Waals surface area (Å²) < 4.78 is 0. The lowest BCUT2D eigenvalue weighted by molar-refractivity contribution is 0.112. The first-order valence-electron chi connectivity index (χ1n) is 7.27. The number of hydrogen-bond donors (Lipinski definition) is 0. The fourth-order valence-electron chi connectivity index (χ4n) is 3.24. The number of piperazine rings is 1. The zero-order valence-electron chi connectivity index (χ0n) is 11.3. The average molecular weight is 259 g/mol. The molecular formula is C15H21N3O. The second kappa shape index (κ2) is 5.70. The topological polar surface area (TPSA) is 36.4 Å². The normalized spacial score (nSPS) is 21.8. The van der Waals surface area contributed by atoms with Crippen molar-refractivity contribution in [1.82, 2.24) is 9.88 Å². The molecule has 1 aromatic rings. The van der Waals surface area contributed by atoms with Crippen molar-refractivity contribution in [2.75, 3.05) is 31.1 Å². The first-order chi connectivity index (χ1) is 9.36. The summed E-state index contributed by atoms with van der Waals surface area (Å²) in [5, 5.41) is 0. The van der Waals surface area contributed by atoms with E-state index in [1.807, 2.05) is 12.1 Å². The minimum atomic E-state index is 0.647. The maximum absolute atomic E-state index is 10.6. The molecule has 0 aromatic carbocycles.